The lowest BCUT2D eigenvalue weighted by Gasteiger charge is -2.29. The zero-order valence-corrected chi connectivity index (χ0v) is 22.3. The molecule has 0 spiro atoms. The van der Waals surface area contributed by atoms with E-state index in [1.165, 1.54) is 24.8 Å². The van der Waals surface area contributed by atoms with Crippen LogP contribution in [0.5, 0.6) is 11.5 Å². The van der Waals surface area contributed by atoms with E-state index in [-0.39, 0.29) is 19.0 Å². The van der Waals surface area contributed by atoms with Crippen LogP contribution in [0.15, 0.2) is 41.0 Å². The van der Waals surface area contributed by atoms with E-state index in [0.717, 1.165) is 6.04 Å². The van der Waals surface area contributed by atoms with E-state index in [1.807, 2.05) is 0 Å². The third-order valence-electron chi connectivity index (χ3n) is 5.45. The molecule has 0 aliphatic carbocycles. The van der Waals surface area contributed by atoms with Crippen LogP contribution < -0.4 is 19.5 Å². The van der Waals surface area contributed by atoms with Crippen LogP contribution in [-0.4, -0.2) is 63.8 Å². The molecule has 0 aliphatic heterocycles. The van der Waals surface area contributed by atoms with Crippen molar-refractivity contribution >= 4 is 24.0 Å². The number of nitrogens with two attached hydrogens (primary N) is 1. The Morgan fingerprint density at radius 3 is 2.26 bits per heavy atom. The molecule has 2 aromatic heterocycles. The maximum atomic E-state index is 13.7. The van der Waals surface area contributed by atoms with Crippen molar-refractivity contribution in [3.8, 4) is 28.8 Å². The summed E-state index contributed by atoms with van der Waals surface area (Å²) in [5.74, 6) is 1.77. The Balaban J connectivity index is 2.35. The molecule has 0 saturated carbocycles. The predicted octanol–water partition coefficient (Wildman–Crippen LogP) is 3.37. The van der Waals surface area contributed by atoms with Gasteiger partial charge in [-0.25, -0.2) is 12.7 Å². The van der Waals surface area contributed by atoms with Gasteiger partial charge in [0.2, 0.25) is 21.8 Å². The molecule has 1 aromatic carbocycles. The summed E-state index contributed by atoms with van der Waals surface area (Å²) in [4.78, 5) is 0. The first-order valence-corrected chi connectivity index (χ1v) is 16.2. The van der Waals surface area contributed by atoms with Gasteiger partial charge in [-0.15, -0.1) is 10.2 Å². The van der Waals surface area contributed by atoms with Crippen LogP contribution in [0.25, 0.3) is 17.3 Å². The molecule has 3 rings (SSSR count). The molecule has 2 N–H and O–H groups in total. The van der Waals surface area contributed by atoms with Crippen LogP contribution in [0.4, 0.5) is 5.95 Å². The molecular weight excluding hydrogens is 474 g/mol. The van der Waals surface area contributed by atoms with Crippen LogP contribution in [-0.2, 0) is 10.0 Å². The molecule has 0 amide bonds. The van der Waals surface area contributed by atoms with Crippen LogP contribution >= 0.6 is 0 Å². The number of hydrogen-bond donors (Lipinski definition) is 1. The maximum Gasteiger partial charge on any atom is 0.246 e. The number of ether oxygens (including phenoxy) is 2. The van der Waals surface area contributed by atoms with E-state index < -0.39 is 23.3 Å². The number of hydrogen-bond acceptors (Lipinski definition) is 8. The molecule has 0 fully saturated rings. The van der Waals surface area contributed by atoms with E-state index in [9.17, 15) is 8.42 Å². The molecule has 34 heavy (non-hydrogen) atoms. The van der Waals surface area contributed by atoms with Gasteiger partial charge in [-0.2, -0.15) is 0 Å². The van der Waals surface area contributed by atoms with E-state index in [1.54, 1.807) is 41.8 Å². The van der Waals surface area contributed by atoms with Gasteiger partial charge in [-0.1, -0.05) is 25.7 Å². The van der Waals surface area contributed by atoms with Gasteiger partial charge in [0.1, 0.15) is 17.2 Å². The number of anilines is 1. The van der Waals surface area contributed by atoms with Crippen molar-refractivity contribution in [3.05, 3.63) is 36.6 Å². The number of nitrogens with zero attached hydrogens (tertiary/aromatic N) is 4. The number of rotatable bonds is 11. The molecule has 1 atom stereocenters. The molecule has 10 nitrogen and oxygen atoms in total. The molecule has 0 radical (unpaired) electrons. The molecular formula is C22H33N5O5SSi. The van der Waals surface area contributed by atoms with Crippen molar-refractivity contribution in [2.45, 2.75) is 37.9 Å². The quantitative estimate of drug-likeness (QED) is 0.392. The molecule has 0 bridgehead atoms. The molecule has 12 heteroatoms. The van der Waals surface area contributed by atoms with Gasteiger partial charge in [-0.3, -0.25) is 4.57 Å². The molecule has 0 saturated heterocycles. The number of para-hydroxylation sites is 1. The molecule has 3 aromatic rings. The minimum absolute atomic E-state index is 0.0249. The Bertz CT molecular complexity index is 1180. The Kier molecular flexibility index (Phi) is 7.73. The van der Waals surface area contributed by atoms with Crippen LogP contribution in [0.2, 0.25) is 25.7 Å². The molecule has 0 aliphatic rings. The Labute approximate surface area is 201 Å². The molecule has 0 unspecified atom stereocenters. The maximum absolute atomic E-state index is 13.7. The Morgan fingerprint density at radius 2 is 1.76 bits per heavy atom. The second-order valence-electron chi connectivity index (χ2n) is 9.12. The smallest absolute Gasteiger partial charge is 0.246 e. The first-order valence-electron chi connectivity index (χ1n) is 11.0. The normalized spacial score (nSPS) is 13.0. The zero-order chi connectivity index (χ0) is 25.1. The summed E-state index contributed by atoms with van der Waals surface area (Å²) in [6.07, 6.45) is 1.52. The van der Waals surface area contributed by atoms with E-state index in [2.05, 4.69) is 29.8 Å². The minimum Gasteiger partial charge on any atom is -0.494 e. The van der Waals surface area contributed by atoms with Crippen molar-refractivity contribution in [1.29, 1.82) is 0 Å². The lowest BCUT2D eigenvalue weighted by atomic mass is 10.2. The highest BCUT2D eigenvalue weighted by atomic mass is 32.2. The first-order chi connectivity index (χ1) is 16.0. The van der Waals surface area contributed by atoms with Crippen molar-refractivity contribution in [1.82, 2.24) is 14.8 Å². The Morgan fingerprint density at radius 1 is 1.12 bits per heavy atom. The minimum atomic E-state index is -3.86. The van der Waals surface area contributed by atoms with Gasteiger partial charge < -0.3 is 19.6 Å². The van der Waals surface area contributed by atoms with Crippen LogP contribution in [0, 0.1) is 0 Å². The second-order valence-corrected chi connectivity index (χ2v) is 17.0. The standard InChI is InChI=1S/C22H33N5O5SSi/c1-16(15-23)33(28,29)26(12-14-34(4,5)6)22-25-24-21(19-11-8-13-32-19)27(22)20-17(30-2)9-7-10-18(20)31-3/h7-11,13,16H,12,14-15,23H2,1-6H3/t16-/m1/s1. The summed E-state index contributed by atoms with van der Waals surface area (Å²) < 4.78 is 47.1. The van der Waals surface area contributed by atoms with Gasteiger partial charge >= 0.3 is 0 Å². The fourth-order valence-electron chi connectivity index (χ4n) is 3.38. The SMILES string of the molecule is COc1cccc(OC)c1-n1c(-c2ccco2)nnc1N(CC[Si](C)(C)C)S(=O)(=O)[C@H](C)CN. The summed E-state index contributed by atoms with van der Waals surface area (Å²) in [6.45, 7) is 8.37. The molecule has 2 heterocycles. The highest BCUT2D eigenvalue weighted by Crippen LogP contribution is 2.39. The van der Waals surface area contributed by atoms with Crippen LogP contribution in [0.1, 0.15) is 6.92 Å². The van der Waals surface area contributed by atoms with Crippen molar-refractivity contribution in [3.63, 3.8) is 0 Å². The average molecular weight is 508 g/mol. The second kappa shape index (κ2) is 10.2. The summed E-state index contributed by atoms with van der Waals surface area (Å²) in [5.41, 5.74) is 6.25. The lowest BCUT2D eigenvalue weighted by Crippen LogP contribution is -2.44. The average Bonchev–Trinajstić information content (AvgIpc) is 3.47. The predicted molar refractivity (Wildman–Crippen MR) is 135 cm³/mol. The zero-order valence-electron chi connectivity index (χ0n) is 20.5. The highest BCUT2D eigenvalue weighted by Gasteiger charge is 2.35. The largest absolute Gasteiger partial charge is 0.494 e. The monoisotopic (exact) mass is 507 g/mol. The fraction of sp³-hybridized carbons (Fsp3) is 0.455. The van der Waals surface area contributed by atoms with Gasteiger partial charge in [-0.05, 0) is 37.2 Å². The van der Waals surface area contributed by atoms with Crippen molar-refractivity contribution < 1.29 is 22.3 Å². The summed E-state index contributed by atoms with van der Waals surface area (Å²) in [7, 11) is -2.41. The third kappa shape index (κ3) is 5.13. The van der Waals surface area contributed by atoms with Crippen molar-refractivity contribution in [2.75, 3.05) is 31.6 Å². The van der Waals surface area contributed by atoms with Crippen LogP contribution in [0.3, 0.4) is 0 Å². The molecule has 186 valence electrons. The van der Waals surface area contributed by atoms with E-state index in [4.69, 9.17) is 19.6 Å². The number of benzene rings is 1. The fourth-order valence-corrected chi connectivity index (χ4v) is 5.80. The summed E-state index contributed by atoms with van der Waals surface area (Å²) in [6, 6.07) is 9.48. The van der Waals surface area contributed by atoms with Gasteiger partial charge in [0.15, 0.2) is 5.76 Å². The third-order valence-corrected chi connectivity index (χ3v) is 9.34. The Hall–Kier alpha value is -2.83. The number of aromatic nitrogens is 3. The number of furan rings is 1. The number of methoxy groups -OCH3 is 2. The van der Waals surface area contributed by atoms with Gasteiger partial charge in [0.25, 0.3) is 0 Å². The topological polar surface area (TPSA) is 126 Å². The highest BCUT2D eigenvalue weighted by molar-refractivity contribution is 7.93. The van der Waals surface area contributed by atoms with Gasteiger partial charge in [0.05, 0.1) is 25.7 Å². The lowest BCUT2D eigenvalue weighted by molar-refractivity contribution is 0.391. The summed E-state index contributed by atoms with van der Waals surface area (Å²) in [5, 5.41) is 7.86. The van der Waals surface area contributed by atoms with Crippen molar-refractivity contribution in [2.24, 2.45) is 5.73 Å². The number of sulfonamides is 1. The van der Waals surface area contributed by atoms with E-state index >= 15 is 0 Å². The first kappa shape index (κ1) is 25.8. The van der Waals surface area contributed by atoms with E-state index in [0.29, 0.717) is 28.8 Å². The summed E-state index contributed by atoms with van der Waals surface area (Å²) >= 11 is 0. The van der Waals surface area contributed by atoms with Gasteiger partial charge in [0, 0.05) is 21.2 Å².